The Morgan fingerprint density at radius 1 is 1.22 bits per heavy atom. The molecule has 3 heteroatoms. The fourth-order valence-electron chi connectivity index (χ4n) is 2.31. The summed E-state index contributed by atoms with van der Waals surface area (Å²) in [5.41, 5.74) is 1.44. The average molecular weight is 243 g/mol. The van der Waals surface area contributed by atoms with Crippen molar-refractivity contribution >= 4 is 5.96 Å². The van der Waals surface area contributed by atoms with Gasteiger partial charge in [-0.25, -0.2) is 0 Å². The van der Waals surface area contributed by atoms with Crippen LogP contribution in [0.3, 0.4) is 0 Å². The molecule has 0 aliphatic heterocycles. The Balaban J connectivity index is 1.55. The Bertz CT molecular complexity index is 423. The fraction of sp³-hybridized carbons (Fsp3) is 0.533. The maximum Gasteiger partial charge on any atom is 0.191 e. The predicted octanol–water partition coefficient (Wildman–Crippen LogP) is 2.26. The molecule has 0 radical (unpaired) electrons. The highest BCUT2D eigenvalue weighted by Gasteiger charge is 2.39. The molecule has 3 rings (SSSR count). The molecular weight excluding hydrogens is 222 g/mol. The minimum Gasteiger partial charge on any atom is -0.354 e. The van der Waals surface area contributed by atoms with Crippen LogP contribution < -0.4 is 10.6 Å². The summed E-state index contributed by atoms with van der Waals surface area (Å²) in [6.07, 6.45) is 3.80. The van der Waals surface area contributed by atoms with Crippen molar-refractivity contribution in [2.45, 2.75) is 44.2 Å². The largest absolute Gasteiger partial charge is 0.354 e. The van der Waals surface area contributed by atoms with Gasteiger partial charge < -0.3 is 10.6 Å². The Labute approximate surface area is 109 Å². The molecule has 1 aromatic rings. The summed E-state index contributed by atoms with van der Waals surface area (Å²) < 4.78 is 0. The minimum atomic E-state index is 0.559. The van der Waals surface area contributed by atoms with Gasteiger partial charge in [-0.1, -0.05) is 30.3 Å². The van der Waals surface area contributed by atoms with Crippen molar-refractivity contribution in [3.05, 3.63) is 35.9 Å². The van der Waals surface area contributed by atoms with Crippen LogP contribution in [0.5, 0.6) is 0 Å². The second kappa shape index (κ2) is 5.01. The van der Waals surface area contributed by atoms with E-state index in [4.69, 9.17) is 0 Å². The molecule has 1 aromatic carbocycles. The predicted molar refractivity (Wildman–Crippen MR) is 74.9 cm³/mol. The molecule has 2 aliphatic rings. The Hall–Kier alpha value is -1.51. The van der Waals surface area contributed by atoms with Gasteiger partial charge in [0.1, 0.15) is 0 Å². The first-order valence-electron chi connectivity index (χ1n) is 6.99. The molecule has 2 atom stereocenters. The zero-order valence-electron chi connectivity index (χ0n) is 10.9. The Morgan fingerprint density at radius 3 is 2.67 bits per heavy atom. The summed E-state index contributed by atoms with van der Waals surface area (Å²) in [6.45, 7) is 2.92. The maximum absolute atomic E-state index is 4.51. The van der Waals surface area contributed by atoms with E-state index < -0.39 is 0 Å². The van der Waals surface area contributed by atoms with Gasteiger partial charge in [0.15, 0.2) is 5.96 Å². The molecule has 3 nitrogen and oxygen atoms in total. The van der Waals surface area contributed by atoms with E-state index >= 15 is 0 Å². The van der Waals surface area contributed by atoms with E-state index in [1.165, 1.54) is 24.8 Å². The van der Waals surface area contributed by atoms with E-state index in [2.05, 4.69) is 52.9 Å². The number of nitrogens with zero attached hydrogens (tertiary/aromatic N) is 1. The molecule has 2 fully saturated rings. The Kier molecular flexibility index (Phi) is 3.22. The monoisotopic (exact) mass is 243 g/mol. The van der Waals surface area contributed by atoms with E-state index in [1.807, 2.05) is 0 Å². The lowest BCUT2D eigenvalue weighted by atomic mass is 10.1. The van der Waals surface area contributed by atoms with Crippen molar-refractivity contribution in [2.24, 2.45) is 4.99 Å². The summed E-state index contributed by atoms with van der Waals surface area (Å²) in [7, 11) is 0. The molecular formula is C15H21N3. The number of hydrogen-bond acceptors (Lipinski definition) is 1. The zero-order valence-corrected chi connectivity index (χ0v) is 10.9. The van der Waals surface area contributed by atoms with E-state index in [0.29, 0.717) is 18.0 Å². The van der Waals surface area contributed by atoms with Gasteiger partial charge in [0, 0.05) is 24.5 Å². The molecule has 0 bridgehead atoms. The molecule has 0 amide bonds. The number of aliphatic imine (C=N–C) groups is 1. The second-order valence-corrected chi connectivity index (χ2v) is 5.25. The quantitative estimate of drug-likeness (QED) is 0.628. The summed E-state index contributed by atoms with van der Waals surface area (Å²) in [5.74, 6) is 1.66. The van der Waals surface area contributed by atoms with Crippen molar-refractivity contribution in [3.63, 3.8) is 0 Å². The summed E-state index contributed by atoms with van der Waals surface area (Å²) in [5, 5.41) is 7.02. The van der Waals surface area contributed by atoms with Gasteiger partial charge in [0.25, 0.3) is 0 Å². The summed E-state index contributed by atoms with van der Waals surface area (Å²) in [4.78, 5) is 4.51. The highest BCUT2D eigenvalue weighted by atomic mass is 15.2. The highest BCUT2D eigenvalue weighted by Crippen LogP contribution is 2.40. The first kappa shape index (κ1) is 11.6. The van der Waals surface area contributed by atoms with Crippen LogP contribution in [0.1, 0.15) is 37.7 Å². The lowest BCUT2D eigenvalue weighted by Crippen LogP contribution is -2.40. The number of rotatable bonds is 4. The van der Waals surface area contributed by atoms with E-state index in [0.717, 1.165) is 12.5 Å². The van der Waals surface area contributed by atoms with Crippen molar-refractivity contribution in [2.75, 3.05) is 6.54 Å². The number of nitrogens with one attached hydrogen (secondary N) is 2. The van der Waals surface area contributed by atoms with E-state index in [9.17, 15) is 0 Å². The number of hydrogen-bond donors (Lipinski definition) is 2. The van der Waals surface area contributed by atoms with Crippen LogP contribution >= 0.6 is 0 Å². The third-order valence-electron chi connectivity index (χ3n) is 3.57. The molecule has 2 saturated carbocycles. The molecule has 0 spiro atoms. The second-order valence-electron chi connectivity index (χ2n) is 5.25. The van der Waals surface area contributed by atoms with Gasteiger partial charge >= 0.3 is 0 Å². The van der Waals surface area contributed by atoms with Crippen LogP contribution in [-0.4, -0.2) is 24.6 Å². The average Bonchev–Trinajstić information content (AvgIpc) is 3.27. The number of benzene rings is 1. The lowest BCUT2D eigenvalue weighted by molar-refractivity contribution is 0.781. The SMILES string of the molecule is CCN=C(NC1CC1)NC1CC1c1ccccc1. The normalized spacial score (nSPS) is 26.8. The van der Waals surface area contributed by atoms with Gasteiger partial charge in [-0.3, -0.25) is 4.99 Å². The van der Waals surface area contributed by atoms with Crippen LogP contribution in [0.4, 0.5) is 0 Å². The molecule has 2 N–H and O–H groups in total. The van der Waals surface area contributed by atoms with Gasteiger partial charge in [0.2, 0.25) is 0 Å². The van der Waals surface area contributed by atoms with E-state index in [1.54, 1.807) is 0 Å². The fourth-order valence-corrected chi connectivity index (χ4v) is 2.31. The van der Waals surface area contributed by atoms with Crippen LogP contribution in [0.25, 0.3) is 0 Å². The third-order valence-corrected chi connectivity index (χ3v) is 3.57. The third kappa shape index (κ3) is 2.84. The molecule has 96 valence electrons. The minimum absolute atomic E-state index is 0.559. The van der Waals surface area contributed by atoms with Gasteiger partial charge in [0.05, 0.1) is 0 Å². The first-order valence-corrected chi connectivity index (χ1v) is 6.99. The molecule has 0 saturated heterocycles. The van der Waals surface area contributed by atoms with Crippen molar-refractivity contribution in [3.8, 4) is 0 Å². The van der Waals surface area contributed by atoms with Crippen LogP contribution in [0.2, 0.25) is 0 Å². The van der Waals surface area contributed by atoms with Crippen molar-refractivity contribution in [1.82, 2.24) is 10.6 Å². The van der Waals surface area contributed by atoms with Gasteiger partial charge in [-0.2, -0.15) is 0 Å². The Morgan fingerprint density at radius 2 is 2.00 bits per heavy atom. The molecule has 2 aliphatic carbocycles. The van der Waals surface area contributed by atoms with Crippen molar-refractivity contribution in [1.29, 1.82) is 0 Å². The first-order chi connectivity index (χ1) is 8.86. The standard InChI is InChI=1S/C15H21N3/c1-2-16-15(17-12-8-9-12)18-14-10-13(14)11-6-4-3-5-7-11/h3-7,12-14H,2,8-10H2,1H3,(H2,16,17,18). The number of guanidine groups is 1. The highest BCUT2D eigenvalue weighted by molar-refractivity contribution is 5.81. The molecule has 0 heterocycles. The van der Waals surface area contributed by atoms with Crippen LogP contribution in [0.15, 0.2) is 35.3 Å². The summed E-state index contributed by atoms with van der Waals surface area (Å²) in [6, 6.07) is 12.0. The zero-order chi connectivity index (χ0) is 12.4. The van der Waals surface area contributed by atoms with Crippen LogP contribution in [-0.2, 0) is 0 Å². The maximum atomic E-state index is 4.51. The molecule has 18 heavy (non-hydrogen) atoms. The smallest absolute Gasteiger partial charge is 0.191 e. The van der Waals surface area contributed by atoms with Gasteiger partial charge in [-0.15, -0.1) is 0 Å². The summed E-state index contributed by atoms with van der Waals surface area (Å²) >= 11 is 0. The molecule has 0 aromatic heterocycles. The van der Waals surface area contributed by atoms with Crippen LogP contribution in [0, 0.1) is 0 Å². The van der Waals surface area contributed by atoms with Gasteiger partial charge in [-0.05, 0) is 31.7 Å². The lowest BCUT2D eigenvalue weighted by Gasteiger charge is -2.11. The van der Waals surface area contributed by atoms with Crippen molar-refractivity contribution < 1.29 is 0 Å². The van der Waals surface area contributed by atoms with E-state index in [-0.39, 0.29) is 0 Å². The topological polar surface area (TPSA) is 36.4 Å². The molecule has 2 unspecified atom stereocenters.